The highest BCUT2D eigenvalue weighted by molar-refractivity contribution is 5.92. The Bertz CT molecular complexity index is 510. The molecule has 1 rings (SSSR count). The Kier molecular flexibility index (Phi) is 5.21. The summed E-state index contributed by atoms with van der Waals surface area (Å²) < 4.78 is 13.7. The van der Waals surface area contributed by atoms with Gasteiger partial charge < -0.3 is 16.4 Å². The summed E-state index contributed by atoms with van der Waals surface area (Å²) >= 11 is 0. The SMILES string of the molecule is CC(C)(C)NC(=O)CNCc1ccc(C(N)=O)cc1F. The average molecular weight is 281 g/mol. The number of nitrogens with one attached hydrogen (secondary N) is 2. The van der Waals surface area contributed by atoms with E-state index in [1.54, 1.807) is 0 Å². The second kappa shape index (κ2) is 6.47. The van der Waals surface area contributed by atoms with Crippen molar-refractivity contribution in [3.63, 3.8) is 0 Å². The van der Waals surface area contributed by atoms with E-state index in [1.807, 2.05) is 20.8 Å². The van der Waals surface area contributed by atoms with Crippen molar-refractivity contribution >= 4 is 11.8 Å². The fraction of sp³-hybridized carbons (Fsp3) is 0.429. The molecule has 0 aliphatic rings. The van der Waals surface area contributed by atoms with E-state index >= 15 is 0 Å². The van der Waals surface area contributed by atoms with Crippen molar-refractivity contribution < 1.29 is 14.0 Å². The largest absolute Gasteiger partial charge is 0.366 e. The molecule has 0 radical (unpaired) electrons. The zero-order chi connectivity index (χ0) is 15.3. The van der Waals surface area contributed by atoms with Crippen molar-refractivity contribution in [1.82, 2.24) is 10.6 Å². The number of carbonyl (C=O) groups is 2. The monoisotopic (exact) mass is 281 g/mol. The van der Waals surface area contributed by atoms with Crippen LogP contribution in [0.15, 0.2) is 18.2 Å². The van der Waals surface area contributed by atoms with Crippen LogP contribution in [0.5, 0.6) is 0 Å². The predicted octanol–water partition coefficient (Wildman–Crippen LogP) is 0.929. The lowest BCUT2D eigenvalue weighted by Gasteiger charge is -2.20. The van der Waals surface area contributed by atoms with Gasteiger partial charge >= 0.3 is 0 Å². The fourth-order valence-electron chi connectivity index (χ4n) is 1.62. The van der Waals surface area contributed by atoms with E-state index in [4.69, 9.17) is 5.73 Å². The number of nitrogens with two attached hydrogens (primary N) is 1. The first-order valence-electron chi connectivity index (χ1n) is 6.29. The number of amides is 2. The van der Waals surface area contributed by atoms with Gasteiger partial charge in [-0.1, -0.05) is 6.07 Å². The minimum Gasteiger partial charge on any atom is -0.366 e. The van der Waals surface area contributed by atoms with Gasteiger partial charge in [0.05, 0.1) is 6.54 Å². The lowest BCUT2D eigenvalue weighted by molar-refractivity contribution is -0.121. The molecule has 0 heterocycles. The van der Waals surface area contributed by atoms with E-state index in [0.717, 1.165) is 6.07 Å². The third-order valence-electron chi connectivity index (χ3n) is 2.45. The van der Waals surface area contributed by atoms with Crippen molar-refractivity contribution in [3.05, 3.63) is 35.1 Å². The third kappa shape index (κ3) is 5.36. The molecule has 2 amide bonds. The molecular weight excluding hydrogens is 261 g/mol. The summed E-state index contributed by atoms with van der Waals surface area (Å²) in [5.74, 6) is -1.36. The molecule has 0 spiro atoms. The lowest BCUT2D eigenvalue weighted by atomic mass is 10.1. The molecule has 0 saturated heterocycles. The normalized spacial score (nSPS) is 11.2. The van der Waals surface area contributed by atoms with Crippen LogP contribution in [0.25, 0.3) is 0 Å². The smallest absolute Gasteiger partial charge is 0.248 e. The zero-order valence-corrected chi connectivity index (χ0v) is 11.9. The van der Waals surface area contributed by atoms with Gasteiger partial charge in [0.2, 0.25) is 11.8 Å². The van der Waals surface area contributed by atoms with Crippen LogP contribution in [0.2, 0.25) is 0 Å². The van der Waals surface area contributed by atoms with Gasteiger partial charge in [-0.15, -0.1) is 0 Å². The minimum atomic E-state index is -0.673. The van der Waals surface area contributed by atoms with Crippen LogP contribution < -0.4 is 16.4 Å². The minimum absolute atomic E-state index is 0.0915. The quantitative estimate of drug-likeness (QED) is 0.750. The van der Waals surface area contributed by atoms with Gasteiger partial charge in [0, 0.05) is 23.2 Å². The third-order valence-corrected chi connectivity index (χ3v) is 2.45. The maximum Gasteiger partial charge on any atom is 0.248 e. The first-order chi connectivity index (χ1) is 9.19. The van der Waals surface area contributed by atoms with Crippen LogP contribution in [0.1, 0.15) is 36.7 Å². The molecule has 110 valence electrons. The molecule has 0 aliphatic heterocycles. The molecule has 0 aromatic heterocycles. The van der Waals surface area contributed by atoms with Gasteiger partial charge in [-0.2, -0.15) is 0 Å². The molecule has 0 fully saturated rings. The lowest BCUT2D eigenvalue weighted by Crippen LogP contribution is -2.44. The van der Waals surface area contributed by atoms with E-state index in [0.29, 0.717) is 5.56 Å². The van der Waals surface area contributed by atoms with Gasteiger partial charge in [-0.05, 0) is 32.9 Å². The summed E-state index contributed by atoms with van der Waals surface area (Å²) in [5, 5.41) is 5.63. The molecular formula is C14H20FN3O2. The van der Waals surface area contributed by atoms with E-state index in [9.17, 15) is 14.0 Å². The van der Waals surface area contributed by atoms with Crippen molar-refractivity contribution in [2.45, 2.75) is 32.9 Å². The van der Waals surface area contributed by atoms with Crippen molar-refractivity contribution in [2.75, 3.05) is 6.54 Å². The number of carbonyl (C=O) groups excluding carboxylic acids is 2. The van der Waals surface area contributed by atoms with Crippen LogP contribution in [-0.4, -0.2) is 23.9 Å². The average Bonchev–Trinajstić information content (AvgIpc) is 2.28. The van der Waals surface area contributed by atoms with Crippen LogP contribution in [0.3, 0.4) is 0 Å². The van der Waals surface area contributed by atoms with Gasteiger partial charge in [0.15, 0.2) is 0 Å². The van der Waals surface area contributed by atoms with E-state index in [-0.39, 0.29) is 30.1 Å². The summed E-state index contributed by atoms with van der Waals surface area (Å²) in [4.78, 5) is 22.4. The molecule has 0 bridgehead atoms. The molecule has 1 aromatic rings. The Hall–Kier alpha value is -1.95. The Balaban J connectivity index is 2.51. The molecule has 4 N–H and O–H groups in total. The molecule has 20 heavy (non-hydrogen) atoms. The molecule has 5 nitrogen and oxygen atoms in total. The zero-order valence-electron chi connectivity index (χ0n) is 11.9. The first-order valence-corrected chi connectivity index (χ1v) is 6.29. The van der Waals surface area contributed by atoms with Crippen LogP contribution in [-0.2, 0) is 11.3 Å². The number of benzene rings is 1. The Morgan fingerprint density at radius 3 is 2.45 bits per heavy atom. The number of halogens is 1. The summed E-state index contributed by atoms with van der Waals surface area (Å²) in [6.07, 6.45) is 0. The molecule has 0 saturated carbocycles. The highest BCUT2D eigenvalue weighted by Crippen LogP contribution is 2.10. The second-order valence-corrected chi connectivity index (χ2v) is 5.57. The number of hydrogen-bond acceptors (Lipinski definition) is 3. The number of rotatable bonds is 5. The molecule has 0 atom stereocenters. The number of primary amides is 1. The van der Waals surface area contributed by atoms with E-state index in [2.05, 4.69) is 10.6 Å². The standard InChI is InChI=1S/C14H20FN3O2/c1-14(2,3)18-12(19)8-17-7-10-5-4-9(13(16)20)6-11(10)15/h4-6,17H,7-8H2,1-3H3,(H2,16,20)(H,18,19). The van der Waals surface area contributed by atoms with Gasteiger partial charge in [-0.3, -0.25) is 9.59 Å². The highest BCUT2D eigenvalue weighted by atomic mass is 19.1. The molecule has 0 unspecified atom stereocenters. The Morgan fingerprint density at radius 1 is 1.30 bits per heavy atom. The molecule has 6 heteroatoms. The predicted molar refractivity (Wildman–Crippen MR) is 74.5 cm³/mol. The van der Waals surface area contributed by atoms with Crippen molar-refractivity contribution in [2.24, 2.45) is 5.73 Å². The second-order valence-electron chi connectivity index (χ2n) is 5.57. The summed E-state index contributed by atoms with van der Waals surface area (Å²) in [7, 11) is 0. The maximum atomic E-state index is 13.7. The Labute approximate surface area is 117 Å². The van der Waals surface area contributed by atoms with Crippen molar-refractivity contribution in [3.8, 4) is 0 Å². The van der Waals surface area contributed by atoms with Crippen LogP contribution >= 0.6 is 0 Å². The summed E-state index contributed by atoms with van der Waals surface area (Å²) in [6, 6.07) is 4.02. The van der Waals surface area contributed by atoms with Crippen molar-refractivity contribution in [1.29, 1.82) is 0 Å². The van der Waals surface area contributed by atoms with Gasteiger partial charge in [-0.25, -0.2) is 4.39 Å². The van der Waals surface area contributed by atoms with Gasteiger partial charge in [0.1, 0.15) is 5.82 Å². The molecule has 1 aromatic carbocycles. The summed E-state index contributed by atoms with van der Waals surface area (Å²) in [5.41, 5.74) is 5.25. The van der Waals surface area contributed by atoms with Crippen LogP contribution in [0.4, 0.5) is 4.39 Å². The first kappa shape index (κ1) is 16.1. The summed E-state index contributed by atoms with van der Waals surface area (Å²) in [6.45, 7) is 5.93. The molecule has 0 aliphatic carbocycles. The van der Waals surface area contributed by atoms with Gasteiger partial charge in [0.25, 0.3) is 0 Å². The maximum absolute atomic E-state index is 13.7. The van der Waals surface area contributed by atoms with Crippen LogP contribution in [0, 0.1) is 5.82 Å². The topological polar surface area (TPSA) is 84.2 Å². The van der Waals surface area contributed by atoms with E-state index in [1.165, 1.54) is 12.1 Å². The fourth-order valence-corrected chi connectivity index (χ4v) is 1.62. The highest BCUT2D eigenvalue weighted by Gasteiger charge is 2.13. The number of hydrogen-bond donors (Lipinski definition) is 3. The Morgan fingerprint density at radius 2 is 1.95 bits per heavy atom. The van der Waals surface area contributed by atoms with E-state index < -0.39 is 11.7 Å².